The molecule has 0 amide bonds. The predicted octanol–water partition coefficient (Wildman–Crippen LogP) is -0.818. The van der Waals surface area contributed by atoms with E-state index in [1.54, 1.807) is 0 Å². The first-order valence-electron chi connectivity index (χ1n) is 5.38. The summed E-state index contributed by atoms with van der Waals surface area (Å²) in [6, 6.07) is -1.14. The average Bonchev–Trinajstić information content (AvgIpc) is 2.36. The van der Waals surface area contributed by atoms with Crippen LogP contribution in [0.25, 0.3) is 0 Å². The van der Waals surface area contributed by atoms with E-state index in [0.29, 0.717) is 0 Å². The summed E-state index contributed by atoms with van der Waals surface area (Å²) in [5.41, 5.74) is 0. The van der Waals surface area contributed by atoms with Gasteiger partial charge in [-0.05, 0) is 12.8 Å². The SMILES string of the molecule is O=[N+]([O-])C(CCCS(=O)(=O)OO)CCCS(=O)(=O)OO.[NaH]. The fourth-order valence-electron chi connectivity index (χ4n) is 1.42. The van der Waals surface area contributed by atoms with Gasteiger partial charge in [-0.15, -0.1) is 8.67 Å². The van der Waals surface area contributed by atoms with Crippen molar-refractivity contribution in [1.82, 2.24) is 0 Å². The Bertz CT molecular complexity index is 463. The first-order valence-corrected chi connectivity index (χ1v) is 8.54. The number of hydrogen-bond acceptors (Lipinski definition) is 10. The van der Waals surface area contributed by atoms with Crippen molar-refractivity contribution in [3.63, 3.8) is 0 Å². The fourth-order valence-corrected chi connectivity index (χ4v) is 2.61. The van der Waals surface area contributed by atoms with Crippen LogP contribution in [-0.2, 0) is 28.9 Å². The van der Waals surface area contributed by atoms with Gasteiger partial charge >= 0.3 is 29.6 Å². The Morgan fingerprint density at radius 3 is 1.52 bits per heavy atom. The van der Waals surface area contributed by atoms with Crippen LogP contribution in [0.5, 0.6) is 0 Å². The third-order valence-electron chi connectivity index (χ3n) is 2.39. The maximum atomic E-state index is 10.8. The maximum absolute atomic E-state index is 10.8. The molecule has 0 saturated carbocycles. The predicted molar refractivity (Wildman–Crippen MR) is 71.4 cm³/mol. The fraction of sp³-hybridized carbons (Fsp3) is 1.00. The van der Waals surface area contributed by atoms with Crippen LogP contribution < -0.4 is 0 Å². The third kappa shape index (κ3) is 11.4. The summed E-state index contributed by atoms with van der Waals surface area (Å²) in [6.45, 7) is 0. The van der Waals surface area contributed by atoms with Gasteiger partial charge in [0, 0.05) is 17.8 Å². The van der Waals surface area contributed by atoms with E-state index in [1.807, 2.05) is 0 Å². The quantitative estimate of drug-likeness (QED) is 0.205. The number of hydrogen-bond donors (Lipinski definition) is 2. The van der Waals surface area contributed by atoms with Crippen molar-refractivity contribution in [2.24, 2.45) is 0 Å². The van der Waals surface area contributed by atoms with Crippen LogP contribution in [0.3, 0.4) is 0 Å². The van der Waals surface area contributed by atoms with Gasteiger partial charge in [-0.25, -0.2) is 10.5 Å². The second kappa shape index (κ2) is 10.8. The zero-order chi connectivity index (χ0) is 15.8. The molecule has 21 heavy (non-hydrogen) atoms. The summed E-state index contributed by atoms with van der Waals surface area (Å²) in [5.74, 6) is -1.18. The second-order valence-electron chi connectivity index (χ2n) is 3.90. The molecular formula is C7H16NNaO10S2. The molecule has 0 aromatic carbocycles. The minimum absolute atomic E-state index is 0. The van der Waals surface area contributed by atoms with Crippen LogP contribution in [0.1, 0.15) is 25.7 Å². The first kappa shape index (κ1) is 23.4. The van der Waals surface area contributed by atoms with Crippen LogP contribution in [-0.4, -0.2) is 79.4 Å². The standard InChI is InChI=1S/C7H15NO10S2.Na.H/c9-8(10)7(3-1-5-19(13,14)17-11)4-2-6-20(15,16)18-12;;/h7,11-12H,1-6H2;;. The van der Waals surface area contributed by atoms with E-state index in [9.17, 15) is 26.9 Å². The van der Waals surface area contributed by atoms with E-state index in [1.165, 1.54) is 0 Å². The van der Waals surface area contributed by atoms with Crippen LogP contribution >= 0.6 is 0 Å². The Morgan fingerprint density at radius 2 is 1.29 bits per heavy atom. The zero-order valence-corrected chi connectivity index (χ0v) is 11.9. The number of nitro groups is 1. The summed E-state index contributed by atoms with van der Waals surface area (Å²) in [5, 5.41) is 26.7. The summed E-state index contributed by atoms with van der Waals surface area (Å²) >= 11 is 0. The molecular weight excluding hydrogens is 345 g/mol. The number of nitrogens with zero attached hydrogens (tertiary/aromatic N) is 1. The molecule has 0 fully saturated rings. The second-order valence-corrected chi connectivity index (χ2v) is 7.24. The van der Waals surface area contributed by atoms with E-state index in [2.05, 4.69) is 8.67 Å². The van der Waals surface area contributed by atoms with Gasteiger partial charge in [0.2, 0.25) is 6.04 Å². The number of rotatable bonds is 11. The Morgan fingerprint density at radius 1 is 0.952 bits per heavy atom. The van der Waals surface area contributed by atoms with E-state index in [-0.39, 0.29) is 55.2 Å². The Hall–Kier alpha value is 0.140. The van der Waals surface area contributed by atoms with Gasteiger partial charge < -0.3 is 0 Å². The first-order chi connectivity index (χ1) is 9.13. The molecule has 0 radical (unpaired) electrons. The van der Waals surface area contributed by atoms with Gasteiger partial charge in [0.1, 0.15) is 0 Å². The molecule has 0 unspecified atom stereocenters. The van der Waals surface area contributed by atoms with Crippen molar-refractivity contribution in [2.75, 3.05) is 11.5 Å². The van der Waals surface area contributed by atoms with Crippen molar-refractivity contribution in [3.05, 3.63) is 10.1 Å². The van der Waals surface area contributed by atoms with Crippen LogP contribution in [0.15, 0.2) is 0 Å². The molecule has 11 nitrogen and oxygen atoms in total. The molecule has 2 N–H and O–H groups in total. The van der Waals surface area contributed by atoms with E-state index >= 15 is 0 Å². The van der Waals surface area contributed by atoms with Crippen LogP contribution in [0, 0.1) is 10.1 Å². The average molecular weight is 361 g/mol. The third-order valence-corrected chi connectivity index (χ3v) is 4.42. The van der Waals surface area contributed by atoms with E-state index < -0.39 is 42.7 Å². The van der Waals surface area contributed by atoms with Crippen LogP contribution in [0.4, 0.5) is 0 Å². The Kier molecular flexibility index (Phi) is 12.0. The van der Waals surface area contributed by atoms with E-state index in [0.717, 1.165) is 0 Å². The molecule has 0 aliphatic rings. The van der Waals surface area contributed by atoms with Crippen molar-refractivity contribution in [1.29, 1.82) is 0 Å². The minimum atomic E-state index is -4.10. The summed E-state index contributed by atoms with van der Waals surface area (Å²) in [6.07, 6.45) is -0.513. The molecule has 0 spiro atoms. The zero-order valence-electron chi connectivity index (χ0n) is 10.2. The van der Waals surface area contributed by atoms with Gasteiger partial charge in [-0.1, -0.05) is 0 Å². The van der Waals surface area contributed by atoms with Gasteiger partial charge in [0.15, 0.2) is 0 Å². The Labute approximate surface area is 143 Å². The van der Waals surface area contributed by atoms with Crippen molar-refractivity contribution in [3.8, 4) is 0 Å². The summed E-state index contributed by atoms with van der Waals surface area (Å²) in [4.78, 5) is 10.0. The van der Waals surface area contributed by atoms with Gasteiger partial charge in [-0.2, -0.15) is 16.8 Å². The van der Waals surface area contributed by atoms with Gasteiger partial charge in [-0.3, -0.25) is 10.1 Å². The molecule has 0 atom stereocenters. The van der Waals surface area contributed by atoms with Gasteiger partial charge in [0.05, 0.1) is 11.5 Å². The molecule has 0 aliphatic heterocycles. The van der Waals surface area contributed by atoms with Crippen molar-refractivity contribution < 1.29 is 40.9 Å². The monoisotopic (exact) mass is 361 g/mol. The van der Waals surface area contributed by atoms with Gasteiger partial charge in [0.25, 0.3) is 20.2 Å². The summed E-state index contributed by atoms with van der Waals surface area (Å²) in [7, 11) is -8.21. The Balaban J connectivity index is 0. The van der Waals surface area contributed by atoms with Crippen molar-refractivity contribution >= 4 is 49.8 Å². The van der Waals surface area contributed by atoms with E-state index in [4.69, 9.17) is 10.5 Å². The molecule has 122 valence electrons. The topological polar surface area (TPSA) is 170 Å². The molecule has 14 heteroatoms. The van der Waals surface area contributed by atoms with Crippen LogP contribution in [0.2, 0.25) is 0 Å². The summed E-state index contributed by atoms with van der Waals surface area (Å²) < 4.78 is 49.5. The molecule has 0 aliphatic carbocycles. The normalized spacial score (nSPS) is 12.1. The molecule has 0 bridgehead atoms. The van der Waals surface area contributed by atoms with Crippen molar-refractivity contribution in [2.45, 2.75) is 31.7 Å². The molecule has 0 aromatic rings. The molecule has 0 saturated heterocycles. The molecule has 0 aromatic heterocycles. The molecule has 0 rings (SSSR count). The molecule has 0 heterocycles.